The Bertz CT molecular complexity index is 1020. The fraction of sp³-hybridized carbons (Fsp3) is 0.250. The van der Waals surface area contributed by atoms with Gasteiger partial charge in [0.15, 0.2) is 0 Å². The van der Waals surface area contributed by atoms with E-state index in [2.05, 4.69) is 30.7 Å². The lowest BCUT2D eigenvalue weighted by Crippen LogP contribution is -2.29. The molecule has 0 saturated carbocycles. The zero-order valence-electron chi connectivity index (χ0n) is 13.4. The van der Waals surface area contributed by atoms with Crippen molar-refractivity contribution in [1.29, 1.82) is 0 Å². The summed E-state index contributed by atoms with van der Waals surface area (Å²) in [7, 11) is 0. The molecule has 0 fully saturated rings. The highest BCUT2D eigenvalue weighted by atomic mass is 16.2. The molecule has 3 aromatic heterocycles. The van der Waals surface area contributed by atoms with Gasteiger partial charge in [-0.2, -0.15) is 10.1 Å². The maximum Gasteiger partial charge on any atom is 0.252 e. The first-order valence-electron chi connectivity index (χ1n) is 7.99. The topological polar surface area (TPSA) is 103 Å². The highest BCUT2D eigenvalue weighted by Crippen LogP contribution is 2.09. The predicted molar refractivity (Wildman–Crippen MR) is 89.6 cm³/mol. The van der Waals surface area contributed by atoms with Gasteiger partial charge in [-0.1, -0.05) is 17.3 Å². The number of hydrogen-bond acceptors (Lipinski definition) is 6. The third-order valence-electron chi connectivity index (χ3n) is 3.87. The van der Waals surface area contributed by atoms with Gasteiger partial charge in [0, 0.05) is 18.9 Å². The molecule has 4 aromatic rings. The Balaban J connectivity index is 1.27. The van der Waals surface area contributed by atoms with E-state index in [0.29, 0.717) is 12.3 Å². The van der Waals surface area contributed by atoms with Gasteiger partial charge in [-0.3, -0.25) is 4.79 Å². The Labute approximate surface area is 142 Å². The van der Waals surface area contributed by atoms with Crippen LogP contribution in [0.4, 0.5) is 0 Å². The van der Waals surface area contributed by atoms with Gasteiger partial charge in [0.25, 0.3) is 5.78 Å². The first-order valence-corrected chi connectivity index (χ1v) is 7.99. The van der Waals surface area contributed by atoms with E-state index in [1.807, 2.05) is 30.5 Å². The summed E-state index contributed by atoms with van der Waals surface area (Å²) in [6, 6.07) is 7.57. The monoisotopic (exact) mass is 336 g/mol. The van der Waals surface area contributed by atoms with Gasteiger partial charge < -0.3 is 5.32 Å². The molecule has 0 saturated heterocycles. The van der Waals surface area contributed by atoms with Crippen molar-refractivity contribution in [3.63, 3.8) is 0 Å². The van der Waals surface area contributed by atoms with Gasteiger partial charge in [0.05, 0.1) is 5.52 Å². The van der Waals surface area contributed by atoms with Crippen molar-refractivity contribution in [2.24, 2.45) is 0 Å². The number of fused-ring (bicyclic) bond motifs is 2. The minimum absolute atomic E-state index is 0.0829. The Kier molecular flexibility index (Phi) is 4.03. The number of para-hydroxylation sites is 1. The van der Waals surface area contributed by atoms with E-state index in [4.69, 9.17) is 0 Å². The number of rotatable bonds is 6. The highest BCUT2D eigenvalue weighted by Gasteiger charge is 2.08. The van der Waals surface area contributed by atoms with Crippen molar-refractivity contribution in [3.8, 4) is 0 Å². The summed E-state index contributed by atoms with van der Waals surface area (Å²) in [5.41, 5.74) is 2.69. The van der Waals surface area contributed by atoms with Crippen molar-refractivity contribution in [1.82, 2.24) is 39.9 Å². The Hall–Kier alpha value is -3.36. The fourth-order valence-corrected chi connectivity index (χ4v) is 2.63. The molecule has 0 unspecified atom stereocenters. The first-order chi connectivity index (χ1) is 12.3. The SMILES string of the molecule is O=C(Cn1nnc2ccccc21)NCCCc1cnc2ncnn2c1. The molecule has 25 heavy (non-hydrogen) atoms. The number of hydrogen-bond donors (Lipinski definition) is 1. The Morgan fingerprint density at radius 1 is 1.20 bits per heavy atom. The van der Waals surface area contributed by atoms with Crippen LogP contribution in [0.2, 0.25) is 0 Å². The summed E-state index contributed by atoms with van der Waals surface area (Å²) in [5, 5.41) is 15.0. The average Bonchev–Trinajstić information content (AvgIpc) is 3.25. The Morgan fingerprint density at radius 3 is 3.08 bits per heavy atom. The van der Waals surface area contributed by atoms with E-state index in [-0.39, 0.29) is 12.5 Å². The summed E-state index contributed by atoms with van der Waals surface area (Å²) in [6.07, 6.45) is 6.77. The predicted octanol–water partition coefficient (Wildman–Crippen LogP) is 0.618. The van der Waals surface area contributed by atoms with E-state index in [1.54, 1.807) is 15.4 Å². The maximum atomic E-state index is 12.1. The van der Waals surface area contributed by atoms with E-state index < -0.39 is 0 Å². The molecule has 9 nitrogen and oxygen atoms in total. The standard InChI is InChI=1S/C16H16N8O/c25-15(10-23-14-6-2-1-5-13(14)21-22-23)17-7-3-4-12-8-18-16-19-11-20-24(16)9-12/h1-2,5-6,8-9,11H,3-4,7,10H2,(H,17,25). The second-order valence-corrected chi connectivity index (χ2v) is 5.66. The van der Waals surface area contributed by atoms with Crippen LogP contribution in [0.1, 0.15) is 12.0 Å². The van der Waals surface area contributed by atoms with Crippen LogP contribution in [-0.4, -0.2) is 47.0 Å². The van der Waals surface area contributed by atoms with Gasteiger partial charge in [-0.05, 0) is 30.5 Å². The number of benzene rings is 1. The first kappa shape index (κ1) is 15.2. The molecule has 126 valence electrons. The second kappa shape index (κ2) is 6.63. The molecule has 0 aliphatic carbocycles. The lowest BCUT2D eigenvalue weighted by Gasteiger charge is -2.06. The quantitative estimate of drug-likeness (QED) is 0.518. The molecule has 1 aromatic carbocycles. The lowest BCUT2D eigenvalue weighted by atomic mass is 10.2. The molecule has 4 rings (SSSR count). The number of carbonyl (C=O) groups is 1. The van der Waals surface area contributed by atoms with Gasteiger partial charge in [0.1, 0.15) is 18.4 Å². The molecule has 0 atom stereocenters. The van der Waals surface area contributed by atoms with Crippen LogP contribution in [0.3, 0.4) is 0 Å². The number of aryl methyl sites for hydroxylation is 1. The minimum Gasteiger partial charge on any atom is -0.354 e. The van der Waals surface area contributed by atoms with E-state index >= 15 is 0 Å². The summed E-state index contributed by atoms with van der Waals surface area (Å²) in [5.74, 6) is 0.498. The van der Waals surface area contributed by atoms with Crippen LogP contribution >= 0.6 is 0 Å². The number of amides is 1. The smallest absolute Gasteiger partial charge is 0.252 e. The van der Waals surface area contributed by atoms with Crippen molar-refractivity contribution in [2.75, 3.05) is 6.54 Å². The van der Waals surface area contributed by atoms with Gasteiger partial charge in [0.2, 0.25) is 5.91 Å². The van der Waals surface area contributed by atoms with E-state index in [0.717, 1.165) is 29.4 Å². The van der Waals surface area contributed by atoms with Crippen molar-refractivity contribution >= 4 is 22.7 Å². The molecule has 1 N–H and O–H groups in total. The Morgan fingerprint density at radius 2 is 2.12 bits per heavy atom. The van der Waals surface area contributed by atoms with Crippen molar-refractivity contribution in [2.45, 2.75) is 19.4 Å². The van der Waals surface area contributed by atoms with Crippen LogP contribution < -0.4 is 5.32 Å². The normalized spacial score (nSPS) is 11.2. The molecule has 0 radical (unpaired) electrons. The summed E-state index contributed by atoms with van der Waals surface area (Å²) in [4.78, 5) is 20.3. The number of aromatic nitrogens is 7. The van der Waals surface area contributed by atoms with Crippen molar-refractivity contribution in [3.05, 3.63) is 48.5 Å². The molecular formula is C16H16N8O. The lowest BCUT2D eigenvalue weighted by molar-refractivity contribution is -0.121. The molecule has 1 amide bonds. The van der Waals surface area contributed by atoms with Gasteiger partial charge in [-0.15, -0.1) is 5.10 Å². The summed E-state index contributed by atoms with van der Waals surface area (Å²) in [6.45, 7) is 0.744. The van der Waals surface area contributed by atoms with Crippen LogP contribution in [0.5, 0.6) is 0 Å². The van der Waals surface area contributed by atoms with E-state index in [1.165, 1.54) is 6.33 Å². The zero-order chi connectivity index (χ0) is 17.1. The van der Waals surface area contributed by atoms with Crippen LogP contribution in [0.25, 0.3) is 16.8 Å². The molecule has 0 aliphatic rings. The molecule has 0 aliphatic heterocycles. The fourth-order valence-electron chi connectivity index (χ4n) is 2.63. The molecular weight excluding hydrogens is 320 g/mol. The molecule has 9 heteroatoms. The second-order valence-electron chi connectivity index (χ2n) is 5.66. The number of nitrogens with one attached hydrogen (secondary N) is 1. The largest absolute Gasteiger partial charge is 0.354 e. The number of nitrogens with zero attached hydrogens (tertiary/aromatic N) is 7. The third kappa shape index (κ3) is 3.30. The highest BCUT2D eigenvalue weighted by molar-refractivity contribution is 5.79. The molecule has 0 bridgehead atoms. The summed E-state index contributed by atoms with van der Waals surface area (Å²) < 4.78 is 3.25. The van der Waals surface area contributed by atoms with Crippen LogP contribution in [0, 0.1) is 0 Å². The van der Waals surface area contributed by atoms with Gasteiger partial charge >= 0.3 is 0 Å². The number of carbonyl (C=O) groups excluding carboxylic acids is 1. The van der Waals surface area contributed by atoms with Crippen LogP contribution in [0.15, 0.2) is 43.0 Å². The van der Waals surface area contributed by atoms with Crippen molar-refractivity contribution < 1.29 is 4.79 Å². The summed E-state index contributed by atoms with van der Waals surface area (Å²) >= 11 is 0. The molecule has 3 heterocycles. The third-order valence-corrected chi connectivity index (χ3v) is 3.87. The van der Waals surface area contributed by atoms with Gasteiger partial charge in [-0.25, -0.2) is 14.2 Å². The van der Waals surface area contributed by atoms with Crippen LogP contribution in [-0.2, 0) is 17.8 Å². The molecule has 0 spiro atoms. The van der Waals surface area contributed by atoms with E-state index in [9.17, 15) is 4.79 Å². The maximum absolute atomic E-state index is 12.1. The zero-order valence-corrected chi connectivity index (χ0v) is 13.4. The minimum atomic E-state index is -0.0829. The average molecular weight is 336 g/mol.